The molecule has 1 saturated heterocycles. The van der Waals surface area contributed by atoms with Gasteiger partial charge in [0.1, 0.15) is 0 Å². The van der Waals surface area contributed by atoms with Crippen molar-refractivity contribution in [2.45, 2.75) is 40.2 Å². The average Bonchev–Trinajstić information content (AvgIpc) is 3.23. The molecule has 3 heterocycles. The lowest BCUT2D eigenvalue weighted by atomic mass is 10.0. The molecule has 156 valence electrons. The molecule has 1 N–H and O–H groups in total. The van der Waals surface area contributed by atoms with Gasteiger partial charge in [-0.2, -0.15) is 5.10 Å². The molecule has 0 unspecified atom stereocenters. The number of hydrogen-bond donors (Lipinski definition) is 1. The van der Waals surface area contributed by atoms with Gasteiger partial charge >= 0.3 is 0 Å². The maximum atomic E-state index is 12.9. The maximum Gasteiger partial charge on any atom is 0.238 e. The highest BCUT2D eigenvalue weighted by Crippen LogP contribution is 2.34. The molecule has 1 aliphatic heterocycles. The molecule has 1 fully saturated rings. The smallest absolute Gasteiger partial charge is 0.238 e. The molecule has 6 heteroatoms. The highest BCUT2D eigenvalue weighted by Gasteiger charge is 2.32. The van der Waals surface area contributed by atoms with Crippen molar-refractivity contribution in [3.05, 3.63) is 71.3 Å². The van der Waals surface area contributed by atoms with Crippen molar-refractivity contribution in [3.63, 3.8) is 0 Å². The normalized spacial score (nSPS) is 19.2. The number of carbonyl (C=O) groups is 1. The van der Waals surface area contributed by atoms with Gasteiger partial charge in [-0.05, 0) is 56.9 Å². The van der Waals surface area contributed by atoms with Crippen LogP contribution in [0, 0.1) is 26.7 Å². The summed E-state index contributed by atoms with van der Waals surface area (Å²) in [7, 11) is 0. The maximum absolute atomic E-state index is 12.9. The van der Waals surface area contributed by atoms with Crippen LogP contribution >= 0.6 is 0 Å². The molecule has 6 nitrogen and oxygen atoms in total. The first-order valence-corrected chi connectivity index (χ1v) is 10.5. The SMILES string of the molecule is Cc1ccc(-n2nc(C)c(NC(=O)CN3C[C@@H](C)C[C@@H]3c3cccnc3)c2C)cc1. The molecule has 0 spiro atoms. The van der Waals surface area contributed by atoms with E-state index in [4.69, 9.17) is 0 Å². The predicted molar refractivity (Wildman–Crippen MR) is 119 cm³/mol. The fraction of sp³-hybridized carbons (Fsp3) is 0.375. The molecule has 2 aromatic heterocycles. The fourth-order valence-electron chi connectivity index (χ4n) is 4.35. The molecule has 0 radical (unpaired) electrons. The van der Waals surface area contributed by atoms with E-state index in [0.717, 1.165) is 35.7 Å². The zero-order valence-corrected chi connectivity index (χ0v) is 18.1. The van der Waals surface area contributed by atoms with Gasteiger partial charge < -0.3 is 5.32 Å². The topological polar surface area (TPSA) is 63.1 Å². The van der Waals surface area contributed by atoms with Crippen molar-refractivity contribution in [2.75, 3.05) is 18.4 Å². The van der Waals surface area contributed by atoms with Crippen LogP contribution in [0.2, 0.25) is 0 Å². The van der Waals surface area contributed by atoms with Crippen LogP contribution in [0.4, 0.5) is 5.69 Å². The van der Waals surface area contributed by atoms with Crippen molar-refractivity contribution in [1.82, 2.24) is 19.7 Å². The number of aromatic nitrogens is 3. The Bertz CT molecular complexity index is 1030. The lowest BCUT2D eigenvalue weighted by molar-refractivity contribution is -0.117. The fourth-order valence-corrected chi connectivity index (χ4v) is 4.35. The first-order chi connectivity index (χ1) is 14.4. The number of carbonyl (C=O) groups excluding carboxylic acids is 1. The number of benzene rings is 1. The molecule has 30 heavy (non-hydrogen) atoms. The van der Waals surface area contributed by atoms with E-state index >= 15 is 0 Å². The van der Waals surface area contributed by atoms with Crippen LogP contribution < -0.4 is 5.32 Å². The molecule has 0 saturated carbocycles. The summed E-state index contributed by atoms with van der Waals surface area (Å²) in [5.41, 5.74) is 5.92. The second-order valence-electron chi connectivity index (χ2n) is 8.41. The third kappa shape index (κ3) is 4.14. The summed E-state index contributed by atoms with van der Waals surface area (Å²) in [5, 5.41) is 7.76. The first kappa shape index (κ1) is 20.3. The van der Waals surface area contributed by atoms with E-state index in [1.54, 1.807) is 6.20 Å². The van der Waals surface area contributed by atoms with Crippen LogP contribution in [-0.2, 0) is 4.79 Å². The Morgan fingerprint density at radius 2 is 1.93 bits per heavy atom. The Balaban J connectivity index is 1.49. The quantitative estimate of drug-likeness (QED) is 0.693. The monoisotopic (exact) mass is 403 g/mol. The summed E-state index contributed by atoms with van der Waals surface area (Å²) in [6.45, 7) is 9.50. The van der Waals surface area contributed by atoms with Crippen LogP contribution in [0.1, 0.15) is 41.9 Å². The number of anilines is 1. The van der Waals surface area contributed by atoms with Gasteiger partial charge in [0.2, 0.25) is 5.91 Å². The minimum Gasteiger partial charge on any atom is -0.322 e. The van der Waals surface area contributed by atoms with Gasteiger partial charge in [-0.3, -0.25) is 14.7 Å². The summed E-state index contributed by atoms with van der Waals surface area (Å²) >= 11 is 0. The van der Waals surface area contributed by atoms with Crippen molar-refractivity contribution in [1.29, 1.82) is 0 Å². The standard InChI is InChI=1S/C24H29N5O/c1-16-7-9-21(10-8-16)29-19(4)24(18(3)27-29)26-23(30)15-28-14-17(2)12-22(28)20-6-5-11-25-13-20/h5-11,13,17,22H,12,14-15H2,1-4H3,(H,26,30)/t17-,22+/m0/s1. The third-order valence-electron chi connectivity index (χ3n) is 5.86. The number of aryl methyl sites for hydroxylation is 2. The van der Waals surface area contributed by atoms with E-state index in [1.165, 1.54) is 11.1 Å². The van der Waals surface area contributed by atoms with E-state index in [1.807, 2.05) is 42.9 Å². The van der Waals surface area contributed by atoms with Crippen molar-refractivity contribution in [3.8, 4) is 5.69 Å². The summed E-state index contributed by atoms with van der Waals surface area (Å²) in [4.78, 5) is 19.5. The molecule has 1 amide bonds. The Morgan fingerprint density at radius 3 is 2.63 bits per heavy atom. The molecule has 0 bridgehead atoms. The molecule has 1 aromatic carbocycles. The number of rotatable bonds is 5. The minimum atomic E-state index is -0.00681. The van der Waals surface area contributed by atoms with Gasteiger partial charge in [0, 0.05) is 25.0 Å². The molecule has 4 rings (SSSR count). The molecule has 1 aliphatic rings. The summed E-state index contributed by atoms with van der Waals surface area (Å²) in [6, 6.07) is 12.5. The lowest BCUT2D eigenvalue weighted by Crippen LogP contribution is -2.33. The second kappa shape index (κ2) is 8.40. The summed E-state index contributed by atoms with van der Waals surface area (Å²) in [5.74, 6) is 0.545. The second-order valence-corrected chi connectivity index (χ2v) is 8.41. The number of hydrogen-bond acceptors (Lipinski definition) is 4. The van der Waals surface area contributed by atoms with E-state index in [9.17, 15) is 4.79 Å². The Kier molecular flexibility index (Phi) is 5.68. The van der Waals surface area contributed by atoms with Crippen LogP contribution in [-0.4, -0.2) is 38.7 Å². The van der Waals surface area contributed by atoms with E-state index < -0.39 is 0 Å². The third-order valence-corrected chi connectivity index (χ3v) is 5.86. The Hall–Kier alpha value is -2.99. The van der Waals surface area contributed by atoms with Crippen molar-refractivity contribution >= 4 is 11.6 Å². The van der Waals surface area contributed by atoms with Gasteiger partial charge in [-0.1, -0.05) is 30.7 Å². The van der Waals surface area contributed by atoms with Gasteiger partial charge in [0.15, 0.2) is 0 Å². The largest absolute Gasteiger partial charge is 0.322 e. The van der Waals surface area contributed by atoms with Gasteiger partial charge in [0.05, 0.1) is 29.3 Å². The zero-order valence-electron chi connectivity index (χ0n) is 18.1. The zero-order chi connectivity index (χ0) is 21.3. The van der Waals surface area contributed by atoms with E-state index in [-0.39, 0.29) is 11.9 Å². The first-order valence-electron chi connectivity index (χ1n) is 10.5. The van der Waals surface area contributed by atoms with E-state index in [0.29, 0.717) is 12.5 Å². The predicted octanol–water partition coefficient (Wildman–Crippen LogP) is 4.21. The summed E-state index contributed by atoms with van der Waals surface area (Å²) < 4.78 is 1.89. The number of likely N-dealkylation sites (tertiary alicyclic amines) is 1. The van der Waals surface area contributed by atoms with Gasteiger partial charge in [-0.15, -0.1) is 0 Å². The number of nitrogens with zero attached hydrogens (tertiary/aromatic N) is 4. The van der Waals surface area contributed by atoms with Crippen LogP contribution in [0.25, 0.3) is 5.69 Å². The van der Waals surface area contributed by atoms with Crippen LogP contribution in [0.15, 0.2) is 48.8 Å². The van der Waals surface area contributed by atoms with Crippen molar-refractivity contribution < 1.29 is 4.79 Å². The molecule has 3 aromatic rings. The Morgan fingerprint density at radius 1 is 1.17 bits per heavy atom. The van der Waals surface area contributed by atoms with Gasteiger partial charge in [0.25, 0.3) is 0 Å². The number of pyridine rings is 1. The molecule has 2 atom stereocenters. The van der Waals surface area contributed by atoms with E-state index in [2.05, 4.69) is 52.3 Å². The lowest BCUT2D eigenvalue weighted by Gasteiger charge is -2.24. The molecular formula is C24H29N5O. The van der Waals surface area contributed by atoms with Crippen LogP contribution in [0.3, 0.4) is 0 Å². The van der Waals surface area contributed by atoms with Gasteiger partial charge in [-0.25, -0.2) is 4.68 Å². The summed E-state index contributed by atoms with van der Waals surface area (Å²) in [6.07, 6.45) is 4.74. The number of nitrogens with one attached hydrogen (secondary N) is 1. The highest BCUT2D eigenvalue weighted by molar-refractivity contribution is 5.93. The highest BCUT2D eigenvalue weighted by atomic mass is 16.2. The van der Waals surface area contributed by atoms with Crippen LogP contribution in [0.5, 0.6) is 0 Å². The molecular weight excluding hydrogens is 374 g/mol. The number of amides is 1. The van der Waals surface area contributed by atoms with Crippen molar-refractivity contribution in [2.24, 2.45) is 5.92 Å². The molecule has 0 aliphatic carbocycles. The minimum absolute atomic E-state index is 0.00681. The average molecular weight is 404 g/mol. The Labute approximate surface area is 177 Å².